The topological polar surface area (TPSA) is 35.5 Å². The second-order valence-corrected chi connectivity index (χ2v) is 8.99. The van der Waals surface area contributed by atoms with Crippen LogP contribution in [0.15, 0.2) is 42.5 Å². The molecule has 3 heteroatoms. The number of carbonyl (C=O) groups excluding carboxylic acids is 1. The van der Waals surface area contributed by atoms with E-state index in [0.717, 1.165) is 29.2 Å². The third-order valence-corrected chi connectivity index (χ3v) is 6.89. The van der Waals surface area contributed by atoms with Crippen LogP contribution in [0.2, 0.25) is 0 Å². The van der Waals surface area contributed by atoms with E-state index < -0.39 is 6.16 Å². The predicted molar refractivity (Wildman–Crippen MR) is 103 cm³/mol. The second-order valence-electron chi connectivity index (χ2n) is 8.99. The van der Waals surface area contributed by atoms with Gasteiger partial charge in [-0.25, -0.2) is 4.79 Å². The quantitative estimate of drug-likeness (QED) is 0.611. The average molecular weight is 352 g/mol. The van der Waals surface area contributed by atoms with E-state index in [-0.39, 0.29) is 23.0 Å². The van der Waals surface area contributed by atoms with Crippen molar-refractivity contribution in [1.29, 1.82) is 0 Å². The van der Waals surface area contributed by atoms with Gasteiger partial charge in [-0.3, -0.25) is 0 Å². The van der Waals surface area contributed by atoms with E-state index in [2.05, 4.69) is 39.0 Å². The van der Waals surface area contributed by atoms with E-state index >= 15 is 0 Å². The minimum absolute atomic E-state index is 0.0225. The molecule has 4 rings (SSSR count). The molecule has 0 heterocycles. The number of hydrogen-bond acceptors (Lipinski definition) is 3. The lowest BCUT2D eigenvalue weighted by Gasteiger charge is -2.41. The normalized spacial score (nSPS) is 30.3. The van der Waals surface area contributed by atoms with Gasteiger partial charge < -0.3 is 9.47 Å². The molecule has 2 aromatic rings. The highest BCUT2D eigenvalue weighted by Gasteiger charge is 2.61. The van der Waals surface area contributed by atoms with Crippen molar-refractivity contribution >= 4 is 16.9 Å². The second kappa shape index (κ2) is 6.00. The van der Waals surface area contributed by atoms with Crippen molar-refractivity contribution in [3.8, 4) is 0 Å². The van der Waals surface area contributed by atoms with Crippen LogP contribution >= 0.6 is 0 Å². The molecule has 2 saturated carbocycles. The van der Waals surface area contributed by atoms with E-state index in [1.807, 2.05) is 31.2 Å². The van der Waals surface area contributed by atoms with Gasteiger partial charge in [0.2, 0.25) is 0 Å². The fourth-order valence-corrected chi connectivity index (χ4v) is 5.49. The van der Waals surface area contributed by atoms with Gasteiger partial charge in [-0.2, -0.15) is 0 Å². The highest BCUT2D eigenvalue weighted by Crippen LogP contribution is 2.63. The largest absolute Gasteiger partial charge is 0.509 e. The summed E-state index contributed by atoms with van der Waals surface area (Å²) in [5.41, 5.74) is 1.13. The van der Waals surface area contributed by atoms with Gasteiger partial charge in [0.05, 0.1) is 0 Å². The summed E-state index contributed by atoms with van der Waals surface area (Å²) in [6.07, 6.45) is 2.57. The van der Waals surface area contributed by atoms with Crippen LogP contribution in [0.25, 0.3) is 10.8 Å². The number of rotatable bonds is 3. The summed E-state index contributed by atoms with van der Waals surface area (Å²) < 4.78 is 11.6. The Hall–Kier alpha value is -2.03. The number of benzene rings is 2. The molecule has 138 valence electrons. The molecule has 2 aliphatic rings. The van der Waals surface area contributed by atoms with Crippen LogP contribution in [-0.4, -0.2) is 12.3 Å². The van der Waals surface area contributed by atoms with Gasteiger partial charge in [-0.1, -0.05) is 63.2 Å². The summed E-state index contributed by atoms with van der Waals surface area (Å²) in [5, 5.41) is 2.26. The Morgan fingerprint density at radius 3 is 2.58 bits per heavy atom. The highest BCUT2D eigenvalue weighted by molar-refractivity contribution is 5.86. The Kier molecular flexibility index (Phi) is 4.02. The van der Waals surface area contributed by atoms with Crippen molar-refractivity contribution in [3.05, 3.63) is 48.0 Å². The first kappa shape index (κ1) is 17.4. The van der Waals surface area contributed by atoms with Crippen molar-refractivity contribution in [3.63, 3.8) is 0 Å². The molecule has 0 aromatic heterocycles. The van der Waals surface area contributed by atoms with Crippen LogP contribution in [0, 0.1) is 16.7 Å². The summed E-state index contributed by atoms with van der Waals surface area (Å²) in [7, 11) is 0. The maximum atomic E-state index is 12.6. The summed E-state index contributed by atoms with van der Waals surface area (Å²) in [6, 6.07) is 14.3. The van der Waals surface area contributed by atoms with Gasteiger partial charge in [0.1, 0.15) is 12.2 Å². The summed E-state index contributed by atoms with van der Waals surface area (Å²) in [5.74, 6) is 0.640. The molecule has 0 aliphatic heterocycles. The molecule has 3 nitrogen and oxygen atoms in total. The van der Waals surface area contributed by atoms with Crippen molar-refractivity contribution in [2.45, 2.75) is 59.2 Å². The SMILES string of the molecule is C[C@@H](OC(=O)OC1C2(C)CCC(C2)C1(C)C)c1cccc2ccccc12. The molecule has 2 fully saturated rings. The lowest BCUT2D eigenvalue weighted by Crippen LogP contribution is -2.43. The first-order chi connectivity index (χ1) is 12.3. The summed E-state index contributed by atoms with van der Waals surface area (Å²) in [4.78, 5) is 12.6. The molecular weight excluding hydrogens is 324 g/mol. The molecule has 2 aliphatic carbocycles. The Morgan fingerprint density at radius 1 is 1.12 bits per heavy atom. The molecule has 0 amide bonds. The van der Waals surface area contributed by atoms with E-state index in [1.54, 1.807) is 0 Å². The van der Waals surface area contributed by atoms with Gasteiger partial charge in [0, 0.05) is 16.4 Å². The van der Waals surface area contributed by atoms with Crippen molar-refractivity contribution in [2.75, 3.05) is 0 Å². The Morgan fingerprint density at radius 2 is 1.85 bits per heavy atom. The molecule has 3 unspecified atom stereocenters. The molecule has 26 heavy (non-hydrogen) atoms. The number of ether oxygens (including phenoxy) is 2. The predicted octanol–water partition coefficient (Wildman–Crippen LogP) is 6.27. The third kappa shape index (κ3) is 2.69. The van der Waals surface area contributed by atoms with E-state index in [0.29, 0.717) is 5.92 Å². The maximum Gasteiger partial charge on any atom is 0.509 e. The van der Waals surface area contributed by atoms with E-state index in [9.17, 15) is 4.79 Å². The van der Waals surface area contributed by atoms with E-state index in [4.69, 9.17) is 9.47 Å². The fourth-order valence-electron chi connectivity index (χ4n) is 5.49. The number of carbonyl (C=O) groups is 1. The summed E-state index contributed by atoms with van der Waals surface area (Å²) in [6.45, 7) is 8.63. The monoisotopic (exact) mass is 352 g/mol. The zero-order valence-corrected chi connectivity index (χ0v) is 16.1. The lowest BCUT2D eigenvalue weighted by atomic mass is 9.70. The lowest BCUT2D eigenvalue weighted by molar-refractivity contribution is -0.0805. The molecule has 2 aromatic carbocycles. The average Bonchev–Trinajstić information content (AvgIpc) is 3.09. The molecule has 0 radical (unpaired) electrons. The van der Waals surface area contributed by atoms with Crippen LogP contribution in [0.3, 0.4) is 0 Å². The van der Waals surface area contributed by atoms with Crippen LogP contribution in [0.1, 0.15) is 58.6 Å². The zero-order valence-electron chi connectivity index (χ0n) is 16.1. The van der Waals surface area contributed by atoms with Crippen molar-refractivity contribution < 1.29 is 14.3 Å². The van der Waals surface area contributed by atoms with Gasteiger partial charge in [0.25, 0.3) is 0 Å². The van der Waals surface area contributed by atoms with Crippen LogP contribution in [0.4, 0.5) is 4.79 Å². The molecular formula is C23H28O3. The van der Waals surface area contributed by atoms with E-state index in [1.165, 1.54) is 6.42 Å². The molecule has 0 spiro atoms. The van der Waals surface area contributed by atoms with Gasteiger partial charge in [-0.05, 0) is 42.9 Å². The number of hydrogen-bond donors (Lipinski definition) is 0. The molecule has 0 N–H and O–H groups in total. The van der Waals surface area contributed by atoms with Crippen LogP contribution < -0.4 is 0 Å². The Bertz CT molecular complexity index is 830. The third-order valence-electron chi connectivity index (χ3n) is 6.89. The van der Waals surface area contributed by atoms with Gasteiger partial charge in [0.15, 0.2) is 0 Å². The first-order valence-electron chi connectivity index (χ1n) is 9.66. The summed E-state index contributed by atoms with van der Waals surface area (Å²) >= 11 is 0. The van der Waals surface area contributed by atoms with Gasteiger partial charge >= 0.3 is 6.16 Å². The smallest absolute Gasteiger partial charge is 0.430 e. The van der Waals surface area contributed by atoms with Crippen LogP contribution in [-0.2, 0) is 9.47 Å². The van der Waals surface area contributed by atoms with Gasteiger partial charge in [-0.15, -0.1) is 0 Å². The fraction of sp³-hybridized carbons (Fsp3) is 0.522. The number of fused-ring (bicyclic) bond motifs is 3. The zero-order chi connectivity index (χ0) is 18.5. The maximum absolute atomic E-state index is 12.6. The van der Waals surface area contributed by atoms with Crippen LogP contribution in [0.5, 0.6) is 0 Å². The van der Waals surface area contributed by atoms with Crippen molar-refractivity contribution in [1.82, 2.24) is 0 Å². The Labute approximate surface area is 155 Å². The first-order valence-corrected chi connectivity index (χ1v) is 9.66. The minimum Gasteiger partial charge on any atom is -0.430 e. The van der Waals surface area contributed by atoms with Crippen molar-refractivity contribution in [2.24, 2.45) is 16.7 Å². The molecule has 2 bridgehead atoms. The Balaban J connectivity index is 1.50. The highest BCUT2D eigenvalue weighted by atomic mass is 16.7. The molecule has 4 atom stereocenters. The minimum atomic E-state index is -0.544. The standard InChI is InChI=1S/C23H28O3/c1-15(18-11-7-9-16-8-5-6-10-19(16)18)25-21(24)26-20-22(2,3)17-12-13-23(20,4)14-17/h5-11,15,17,20H,12-14H2,1-4H3/t15-,17?,20?,23?/m1/s1. The molecule has 0 saturated heterocycles.